The molecule has 1 aromatic carbocycles. The normalized spacial score (nSPS) is 27.6. The van der Waals surface area contributed by atoms with Crippen LogP contribution in [-0.2, 0) is 4.79 Å². The second-order valence-corrected chi connectivity index (χ2v) is 6.46. The van der Waals surface area contributed by atoms with Crippen LogP contribution >= 0.6 is 0 Å². The van der Waals surface area contributed by atoms with Crippen molar-refractivity contribution in [3.8, 4) is 0 Å². The van der Waals surface area contributed by atoms with Gasteiger partial charge < -0.3 is 10.2 Å². The summed E-state index contributed by atoms with van der Waals surface area (Å²) in [5.41, 5.74) is 0.464. The van der Waals surface area contributed by atoms with E-state index >= 15 is 0 Å². The molecule has 2 fully saturated rings. The Hall–Kier alpha value is -1.91. The zero-order valence-electron chi connectivity index (χ0n) is 12.8. The van der Waals surface area contributed by atoms with Crippen molar-refractivity contribution in [3.05, 3.63) is 35.6 Å². The molecule has 1 saturated carbocycles. The summed E-state index contributed by atoms with van der Waals surface area (Å²) < 4.78 is 12.9. The van der Waals surface area contributed by atoms with Crippen LogP contribution in [0.3, 0.4) is 0 Å². The molecule has 0 spiro atoms. The van der Waals surface area contributed by atoms with Crippen molar-refractivity contribution in [1.82, 2.24) is 10.2 Å². The van der Waals surface area contributed by atoms with E-state index in [4.69, 9.17) is 0 Å². The number of hydrogen-bond donors (Lipinski definition) is 1. The van der Waals surface area contributed by atoms with Crippen LogP contribution in [0.5, 0.6) is 0 Å². The van der Waals surface area contributed by atoms with Gasteiger partial charge in [0.2, 0.25) is 5.91 Å². The molecular formula is C17H21FN2O2. The molecule has 4 nitrogen and oxygen atoms in total. The van der Waals surface area contributed by atoms with Gasteiger partial charge in [-0.3, -0.25) is 9.59 Å². The van der Waals surface area contributed by atoms with Gasteiger partial charge in [0.25, 0.3) is 5.91 Å². The molecule has 2 unspecified atom stereocenters. The number of nitrogens with one attached hydrogen (secondary N) is 1. The molecule has 1 saturated heterocycles. The van der Waals surface area contributed by atoms with Crippen LogP contribution in [0.1, 0.15) is 42.5 Å². The van der Waals surface area contributed by atoms with Crippen LogP contribution < -0.4 is 5.32 Å². The molecule has 1 aliphatic carbocycles. The van der Waals surface area contributed by atoms with E-state index in [0.29, 0.717) is 18.5 Å². The fraction of sp³-hybridized carbons (Fsp3) is 0.529. The highest BCUT2D eigenvalue weighted by atomic mass is 19.1. The number of piperidine rings is 1. The van der Waals surface area contributed by atoms with E-state index in [9.17, 15) is 14.0 Å². The molecule has 0 bridgehead atoms. The largest absolute Gasteiger partial charge is 0.351 e. The molecule has 2 atom stereocenters. The van der Waals surface area contributed by atoms with Crippen LogP contribution in [0.4, 0.5) is 4.39 Å². The number of likely N-dealkylation sites (tertiary alicyclic amines) is 1. The summed E-state index contributed by atoms with van der Waals surface area (Å²) >= 11 is 0. The molecule has 1 heterocycles. The summed E-state index contributed by atoms with van der Waals surface area (Å²) in [5.74, 6) is -0.328. The molecule has 118 valence electrons. The Morgan fingerprint density at radius 2 is 2.09 bits per heavy atom. The summed E-state index contributed by atoms with van der Waals surface area (Å²) in [7, 11) is 1.87. The number of carbonyl (C=O) groups is 2. The fourth-order valence-electron chi connectivity index (χ4n) is 3.98. The van der Waals surface area contributed by atoms with Gasteiger partial charge in [0.15, 0.2) is 0 Å². The molecular weight excluding hydrogens is 283 g/mol. The maximum atomic E-state index is 12.9. The molecule has 2 aliphatic rings. The first-order valence-electron chi connectivity index (χ1n) is 7.81. The fourth-order valence-corrected chi connectivity index (χ4v) is 3.98. The van der Waals surface area contributed by atoms with Gasteiger partial charge in [-0.2, -0.15) is 0 Å². The number of carbonyl (C=O) groups excluding carboxylic acids is 2. The van der Waals surface area contributed by atoms with Crippen LogP contribution in [0.15, 0.2) is 24.3 Å². The third-order valence-electron chi connectivity index (χ3n) is 5.26. The highest BCUT2D eigenvalue weighted by Crippen LogP contribution is 2.47. The minimum Gasteiger partial charge on any atom is -0.351 e. The first-order valence-corrected chi connectivity index (χ1v) is 7.81. The first-order chi connectivity index (χ1) is 10.5. The quantitative estimate of drug-likeness (QED) is 0.932. The number of rotatable bonds is 3. The molecule has 1 N–H and O–H groups in total. The zero-order chi connectivity index (χ0) is 15.7. The third-order valence-corrected chi connectivity index (χ3v) is 5.26. The lowest BCUT2D eigenvalue weighted by molar-refractivity contribution is -0.139. The molecule has 1 aromatic rings. The van der Waals surface area contributed by atoms with E-state index in [1.54, 1.807) is 0 Å². The maximum Gasteiger partial charge on any atom is 0.251 e. The van der Waals surface area contributed by atoms with E-state index in [1.165, 1.54) is 24.3 Å². The van der Waals surface area contributed by atoms with E-state index in [2.05, 4.69) is 5.32 Å². The number of nitrogens with zero attached hydrogens (tertiary/aromatic N) is 1. The summed E-state index contributed by atoms with van der Waals surface area (Å²) in [6, 6.07) is 5.79. The van der Waals surface area contributed by atoms with Gasteiger partial charge in [0.05, 0.1) is 0 Å². The van der Waals surface area contributed by atoms with Gasteiger partial charge in [-0.15, -0.1) is 0 Å². The van der Waals surface area contributed by atoms with Gasteiger partial charge >= 0.3 is 0 Å². The highest BCUT2D eigenvalue weighted by molar-refractivity contribution is 5.94. The number of benzene rings is 1. The second kappa shape index (κ2) is 5.71. The van der Waals surface area contributed by atoms with Gasteiger partial charge in [-0.05, 0) is 43.5 Å². The number of amides is 2. The van der Waals surface area contributed by atoms with Crippen LogP contribution in [0.25, 0.3) is 0 Å². The molecule has 0 radical (unpaired) electrons. The molecule has 3 rings (SSSR count). The van der Waals surface area contributed by atoms with Gasteiger partial charge in [-0.1, -0.05) is 6.42 Å². The van der Waals surface area contributed by atoms with Crippen LogP contribution in [0, 0.1) is 11.2 Å². The predicted octanol–water partition coefficient (Wildman–Crippen LogP) is 2.35. The van der Waals surface area contributed by atoms with Crippen LogP contribution in [-0.4, -0.2) is 36.3 Å². The lowest BCUT2D eigenvalue weighted by Gasteiger charge is -2.44. The minimum atomic E-state index is -0.349. The zero-order valence-corrected chi connectivity index (χ0v) is 12.8. The summed E-state index contributed by atoms with van der Waals surface area (Å²) in [4.78, 5) is 26.0. The lowest BCUT2D eigenvalue weighted by Crippen LogP contribution is -2.54. The molecule has 5 heteroatoms. The van der Waals surface area contributed by atoms with Crippen molar-refractivity contribution < 1.29 is 14.0 Å². The SMILES string of the molecule is CN1C(=O)CCC2(CNC(=O)c3ccc(F)cc3)CCCC12. The van der Waals surface area contributed by atoms with Gasteiger partial charge in [0, 0.05) is 37.0 Å². The summed E-state index contributed by atoms with van der Waals surface area (Å²) in [5, 5.41) is 2.99. The van der Waals surface area contributed by atoms with Gasteiger partial charge in [-0.25, -0.2) is 4.39 Å². The van der Waals surface area contributed by atoms with Crippen molar-refractivity contribution in [1.29, 1.82) is 0 Å². The number of fused-ring (bicyclic) bond motifs is 1. The van der Waals surface area contributed by atoms with Crippen molar-refractivity contribution in [2.45, 2.75) is 38.1 Å². The lowest BCUT2D eigenvalue weighted by atomic mass is 9.74. The predicted molar refractivity (Wildman–Crippen MR) is 80.8 cm³/mol. The standard InChI is InChI=1S/C17H21FN2O2/c1-20-14-3-2-9-17(14,10-8-15(20)21)11-19-16(22)12-4-6-13(18)7-5-12/h4-7,14H,2-3,8-11H2,1H3,(H,19,22). The monoisotopic (exact) mass is 304 g/mol. The van der Waals surface area contributed by atoms with Crippen molar-refractivity contribution in [2.75, 3.05) is 13.6 Å². The van der Waals surface area contributed by atoms with E-state index in [1.807, 2.05) is 11.9 Å². The molecule has 1 aliphatic heterocycles. The van der Waals surface area contributed by atoms with E-state index in [0.717, 1.165) is 25.7 Å². The maximum absolute atomic E-state index is 12.9. The topological polar surface area (TPSA) is 49.4 Å². The number of hydrogen-bond acceptors (Lipinski definition) is 2. The molecule has 2 amide bonds. The Balaban J connectivity index is 1.68. The molecule has 22 heavy (non-hydrogen) atoms. The van der Waals surface area contributed by atoms with Crippen molar-refractivity contribution in [2.24, 2.45) is 5.41 Å². The average molecular weight is 304 g/mol. The third kappa shape index (κ3) is 2.60. The summed E-state index contributed by atoms with van der Waals surface area (Å²) in [6.45, 7) is 0.575. The Morgan fingerprint density at radius 3 is 2.82 bits per heavy atom. The average Bonchev–Trinajstić information content (AvgIpc) is 2.95. The molecule has 0 aromatic heterocycles. The van der Waals surface area contributed by atoms with E-state index in [-0.39, 0.29) is 29.1 Å². The van der Waals surface area contributed by atoms with Crippen molar-refractivity contribution >= 4 is 11.8 Å². The van der Waals surface area contributed by atoms with Crippen LogP contribution in [0.2, 0.25) is 0 Å². The Morgan fingerprint density at radius 1 is 1.36 bits per heavy atom. The summed E-state index contributed by atoms with van der Waals surface area (Å²) in [6.07, 6.45) is 4.53. The highest BCUT2D eigenvalue weighted by Gasteiger charge is 2.49. The van der Waals surface area contributed by atoms with Gasteiger partial charge in [0.1, 0.15) is 5.82 Å². The smallest absolute Gasteiger partial charge is 0.251 e. The first kappa shape index (κ1) is 15.0. The van der Waals surface area contributed by atoms with Crippen molar-refractivity contribution in [3.63, 3.8) is 0 Å². The Bertz CT molecular complexity index is 587. The second-order valence-electron chi connectivity index (χ2n) is 6.46. The van der Waals surface area contributed by atoms with E-state index < -0.39 is 0 Å². The Labute approximate surface area is 129 Å². The minimum absolute atomic E-state index is 0.00164. The number of halogens is 1. The Kier molecular flexibility index (Phi) is 3.89.